The maximum atomic E-state index is 4.62. The van der Waals surface area contributed by atoms with Crippen LogP contribution in [0.15, 0.2) is 47.6 Å². The molecule has 0 amide bonds. The van der Waals surface area contributed by atoms with Crippen LogP contribution in [0.3, 0.4) is 0 Å². The van der Waals surface area contributed by atoms with E-state index in [9.17, 15) is 0 Å². The van der Waals surface area contributed by atoms with E-state index >= 15 is 0 Å². The summed E-state index contributed by atoms with van der Waals surface area (Å²) in [6.45, 7) is 9.65. The lowest BCUT2D eigenvalue weighted by Gasteiger charge is -2.55. The Morgan fingerprint density at radius 2 is 1.96 bits per heavy atom. The fourth-order valence-electron chi connectivity index (χ4n) is 5.58. The first-order chi connectivity index (χ1) is 12.4. The molecule has 2 heteroatoms. The zero-order valence-corrected chi connectivity index (χ0v) is 17.4. The number of thioether (sulfide) groups is 1. The van der Waals surface area contributed by atoms with Gasteiger partial charge in [0.2, 0.25) is 0 Å². The van der Waals surface area contributed by atoms with Crippen molar-refractivity contribution in [3.05, 3.63) is 59.3 Å². The Morgan fingerprint density at radius 3 is 2.69 bits per heavy atom. The first-order valence-electron chi connectivity index (χ1n) is 10.2. The molecule has 138 valence electrons. The van der Waals surface area contributed by atoms with E-state index in [2.05, 4.69) is 63.0 Å². The molecule has 1 heterocycles. The van der Waals surface area contributed by atoms with Crippen LogP contribution in [-0.2, 0) is 11.8 Å². The molecule has 0 spiro atoms. The summed E-state index contributed by atoms with van der Waals surface area (Å²) in [5.41, 5.74) is 5.04. The molecule has 1 nitrogen and oxygen atoms in total. The summed E-state index contributed by atoms with van der Waals surface area (Å²) in [5.74, 6) is 1.33. The van der Waals surface area contributed by atoms with Crippen molar-refractivity contribution in [1.82, 2.24) is 4.98 Å². The molecule has 0 N–H and O–H groups in total. The van der Waals surface area contributed by atoms with E-state index in [4.69, 9.17) is 0 Å². The molecule has 26 heavy (non-hydrogen) atoms. The average molecular weight is 366 g/mol. The summed E-state index contributed by atoms with van der Waals surface area (Å²) in [6.07, 6.45) is 8.40. The lowest BCUT2D eigenvalue weighted by atomic mass is 9.54. The van der Waals surface area contributed by atoms with Gasteiger partial charge >= 0.3 is 0 Å². The Hall–Kier alpha value is -1.28. The van der Waals surface area contributed by atoms with Crippen molar-refractivity contribution in [2.75, 3.05) is 0 Å². The number of rotatable bonds is 3. The largest absolute Gasteiger partial charge is 0.250 e. The molecule has 2 aliphatic rings. The molecule has 0 saturated heterocycles. The van der Waals surface area contributed by atoms with Gasteiger partial charge in [-0.2, -0.15) is 0 Å². The number of aryl methyl sites for hydroxylation is 1. The Kier molecular flexibility index (Phi) is 4.67. The van der Waals surface area contributed by atoms with Crippen molar-refractivity contribution >= 4 is 11.8 Å². The quantitative estimate of drug-likeness (QED) is 0.596. The van der Waals surface area contributed by atoms with E-state index in [0.29, 0.717) is 17.3 Å². The highest BCUT2D eigenvalue weighted by molar-refractivity contribution is 8.00. The summed E-state index contributed by atoms with van der Waals surface area (Å²) in [5, 5.41) is 1.18. The molecular weight excluding hydrogens is 334 g/mol. The molecule has 2 aliphatic carbocycles. The predicted molar refractivity (Wildman–Crippen MR) is 112 cm³/mol. The second-order valence-electron chi connectivity index (χ2n) is 9.02. The number of aromatic nitrogens is 1. The van der Waals surface area contributed by atoms with Crippen molar-refractivity contribution in [2.24, 2.45) is 5.92 Å². The van der Waals surface area contributed by atoms with Gasteiger partial charge in [0.1, 0.15) is 0 Å². The van der Waals surface area contributed by atoms with E-state index in [1.807, 2.05) is 24.0 Å². The number of pyridine rings is 1. The van der Waals surface area contributed by atoms with Gasteiger partial charge in [0.25, 0.3) is 0 Å². The van der Waals surface area contributed by atoms with E-state index in [1.54, 1.807) is 11.1 Å². The second kappa shape index (κ2) is 6.71. The zero-order valence-electron chi connectivity index (χ0n) is 16.6. The minimum absolute atomic E-state index is 0.274. The van der Waals surface area contributed by atoms with E-state index in [1.165, 1.54) is 42.7 Å². The molecule has 2 aromatic rings. The van der Waals surface area contributed by atoms with E-state index in [0.717, 1.165) is 0 Å². The zero-order chi connectivity index (χ0) is 18.4. The van der Waals surface area contributed by atoms with E-state index < -0.39 is 0 Å². The van der Waals surface area contributed by atoms with Crippen LogP contribution < -0.4 is 0 Å². The van der Waals surface area contributed by atoms with Gasteiger partial charge in [0, 0.05) is 10.9 Å². The summed E-state index contributed by atoms with van der Waals surface area (Å²) < 4.78 is 0.274. The summed E-state index contributed by atoms with van der Waals surface area (Å²) >= 11 is 2.02. The first kappa shape index (κ1) is 18.1. The normalized spacial score (nSPS) is 30.7. The fourth-order valence-corrected chi connectivity index (χ4v) is 7.08. The number of hydrogen-bond donors (Lipinski definition) is 0. The third kappa shape index (κ3) is 3.01. The number of fused-ring (bicyclic) bond motifs is 3. The molecule has 0 bridgehead atoms. The Labute approximate surface area is 163 Å². The highest BCUT2D eigenvalue weighted by Crippen LogP contribution is 2.59. The van der Waals surface area contributed by atoms with Crippen molar-refractivity contribution < 1.29 is 0 Å². The van der Waals surface area contributed by atoms with Crippen molar-refractivity contribution in [2.45, 2.75) is 80.9 Å². The van der Waals surface area contributed by atoms with Gasteiger partial charge in [-0.3, -0.25) is 0 Å². The number of hydrogen-bond acceptors (Lipinski definition) is 2. The van der Waals surface area contributed by atoms with Crippen LogP contribution in [0.4, 0.5) is 0 Å². The van der Waals surface area contributed by atoms with Crippen LogP contribution in [0.1, 0.15) is 76.0 Å². The van der Waals surface area contributed by atoms with Crippen LogP contribution in [0.5, 0.6) is 0 Å². The maximum absolute atomic E-state index is 4.62. The van der Waals surface area contributed by atoms with Crippen LogP contribution in [0, 0.1) is 5.92 Å². The average Bonchev–Trinajstić information content (AvgIpc) is 2.61. The summed E-state index contributed by atoms with van der Waals surface area (Å²) in [6, 6.07) is 13.7. The van der Waals surface area contributed by atoms with E-state index in [-0.39, 0.29) is 4.75 Å². The standard InChI is InChI=1S/C24H31NS/c1-17(2)18-9-11-20-19(16-18)10-12-21-23(20,3)13-7-14-24(21,4)26-22-8-5-6-15-25-22/h5-6,8-9,11,15-17,21H,7,10,12-14H2,1-4H3/t21-,23-,24-/m1/s1. The smallest absolute Gasteiger partial charge is 0.0965 e. The monoisotopic (exact) mass is 365 g/mol. The van der Waals surface area contributed by atoms with Crippen molar-refractivity contribution in [3.63, 3.8) is 0 Å². The molecule has 1 fully saturated rings. The van der Waals surface area contributed by atoms with Gasteiger partial charge in [-0.25, -0.2) is 4.98 Å². The molecule has 0 unspecified atom stereocenters. The fraction of sp³-hybridized carbons (Fsp3) is 0.542. The lowest BCUT2D eigenvalue weighted by molar-refractivity contribution is 0.139. The topological polar surface area (TPSA) is 12.9 Å². The van der Waals surface area contributed by atoms with Crippen molar-refractivity contribution in [3.8, 4) is 0 Å². The van der Waals surface area contributed by atoms with Gasteiger partial charge < -0.3 is 0 Å². The van der Waals surface area contributed by atoms with Crippen LogP contribution in [0.25, 0.3) is 0 Å². The molecule has 3 atom stereocenters. The lowest BCUT2D eigenvalue weighted by Crippen LogP contribution is -2.51. The molecule has 4 rings (SSSR count). The molecular formula is C24H31NS. The Morgan fingerprint density at radius 1 is 1.12 bits per heavy atom. The highest BCUT2D eigenvalue weighted by atomic mass is 32.2. The summed E-state index contributed by atoms with van der Waals surface area (Å²) in [7, 11) is 0. The van der Waals surface area contributed by atoms with Gasteiger partial charge in [0.15, 0.2) is 0 Å². The minimum Gasteiger partial charge on any atom is -0.250 e. The second-order valence-corrected chi connectivity index (χ2v) is 10.6. The first-order valence-corrected chi connectivity index (χ1v) is 11.0. The molecule has 1 saturated carbocycles. The molecule has 0 radical (unpaired) electrons. The van der Waals surface area contributed by atoms with Gasteiger partial charge in [-0.05, 0) is 78.7 Å². The highest BCUT2D eigenvalue weighted by Gasteiger charge is 2.52. The minimum atomic E-state index is 0.274. The molecule has 0 aliphatic heterocycles. The Balaban J connectivity index is 1.70. The van der Waals surface area contributed by atoms with Gasteiger partial charge in [-0.1, -0.05) is 63.2 Å². The van der Waals surface area contributed by atoms with Crippen LogP contribution in [-0.4, -0.2) is 9.73 Å². The van der Waals surface area contributed by atoms with Gasteiger partial charge in [-0.15, -0.1) is 0 Å². The molecule has 1 aromatic carbocycles. The van der Waals surface area contributed by atoms with Gasteiger partial charge in [0.05, 0.1) is 5.03 Å². The van der Waals surface area contributed by atoms with Crippen LogP contribution in [0.2, 0.25) is 0 Å². The maximum Gasteiger partial charge on any atom is 0.0965 e. The van der Waals surface area contributed by atoms with Crippen LogP contribution >= 0.6 is 11.8 Å². The Bertz CT molecular complexity index is 784. The number of benzene rings is 1. The molecule has 1 aromatic heterocycles. The van der Waals surface area contributed by atoms with Crippen molar-refractivity contribution in [1.29, 1.82) is 0 Å². The third-order valence-corrected chi connectivity index (χ3v) is 8.37. The summed E-state index contributed by atoms with van der Waals surface area (Å²) in [4.78, 5) is 4.62. The number of nitrogens with zero attached hydrogens (tertiary/aromatic N) is 1. The third-order valence-electron chi connectivity index (χ3n) is 6.96. The predicted octanol–water partition coefficient (Wildman–Crippen LogP) is 6.76. The SMILES string of the molecule is CC(C)c1ccc2c(c1)CC[C@H]1[C@](C)(Sc3ccccn3)CCC[C@]21C.